The summed E-state index contributed by atoms with van der Waals surface area (Å²) in [5.74, 6) is 0.833. The van der Waals surface area contributed by atoms with Gasteiger partial charge in [0.1, 0.15) is 5.75 Å². The van der Waals surface area contributed by atoms with E-state index in [1.165, 1.54) is 5.69 Å². The lowest BCUT2D eigenvalue weighted by atomic mass is 10.2. The molecule has 0 atom stereocenters. The van der Waals surface area contributed by atoms with E-state index >= 15 is 0 Å². The van der Waals surface area contributed by atoms with Gasteiger partial charge in [-0.05, 0) is 31.5 Å². The standard InChI is InChI=1S/C15H20BrN3O/c1-4-12-8-14(19(5-2)18-12)10-17-13-6-11(16)7-15(9-13)20-3/h6-9,17H,4-5,10H2,1-3H3. The number of rotatable bonds is 6. The van der Waals surface area contributed by atoms with Crippen molar-refractivity contribution in [2.24, 2.45) is 0 Å². The Morgan fingerprint density at radius 3 is 2.70 bits per heavy atom. The van der Waals surface area contributed by atoms with Gasteiger partial charge >= 0.3 is 0 Å². The predicted octanol–water partition coefficient (Wildman–Crippen LogP) is 3.85. The first-order chi connectivity index (χ1) is 9.66. The van der Waals surface area contributed by atoms with E-state index in [1.807, 2.05) is 22.9 Å². The van der Waals surface area contributed by atoms with E-state index in [2.05, 4.69) is 46.3 Å². The van der Waals surface area contributed by atoms with Crippen LogP contribution in [0.4, 0.5) is 5.69 Å². The molecule has 20 heavy (non-hydrogen) atoms. The maximum Gasteiger partial charge on any atom is 0.122 e. The molecule has 2 rings (SSSR count). The zero-order valence-corrected chi connectivity index (χ0v) is 13.7. The smallest absolute Gasteiger partial charge is 0.122 e. The molecule has 0 spiro atoms. The summed E-state index contributed by atoms with van der Waals surface area (Å²) in [7, 11) is 1.67. The molecule has 1 aromatic carbocycles. The molecule has 0 aliphatic carbocycles. The maximum absolute atomic E-state index is 5.27. The zero-order chi connectivity index (χ0) is 14.5. The molecular formula is C15H20BrN3O. The van der Waals surface area contributed by atoms with E-state index in [1.54, 1.807) is 7.11 Å². The van der Waals surface area contributed by atoms with Crippen LogP contribution in [0.25, 0.3) is 0 Å². The van der Waals surface area contributed by atoms with Crippen molar-refractivity contribution in [3.05, 3.63) is 40.1 Å². The quantitative estimate of drug-likeness (QED) is 0.870. The Morgan fingerprint density at radius 1 is 1.25 bits per heavy atom. The molecule has 2 aromatic rings. The van der Waals surface area contributed by atoms with Crippen molar-refractivity contribution in [1.29, 1.82) is 0 Å². The number of ether oxygens (including phenoxy) is 1. The number of nitrogens with one attached hydrogen (secondary N) is 1. The fraction of sp³-hybridized carbons (Fsp3) is 0.400. The minimum absolute atomic E-state index is 0.750. The molecule has 4 nitrogen and oxygen atoms in total. The van der Waals surface area contributed by atoms with Gasteiger partial charge in [0.15, 0.2) is 0 Å². The van der Waals surface area contributed by atoms with Crippen LogP contribution in [0.15, 0.2) is 28.7 Å². The van der Waals surface area contributed by atoms with Crippen molar-refractivity contribution in [2.75, 3.05) is 12.4 Å². The van der Waals surface area contributed by atoms with E-state index in [9.17, 15) is 0 Å². The van der Waals surface area contributed by atoms with Gasteiger partial charge in [-0.3, -0.25) is 4.68 Å². The normalized spacial score (nSPS) is 10.6. The number of hydrogen-bond donors (Lipinski definition) is 1. The van der Waals surface area contributed by atoms with Gasteiger partial charge in [0, 0.05) is 22.8 Å². The van der Waals surface area contributed by atoms with Crippen LogP contribution in [0, 0.1) is 0 Å². The number of anilines is 1. The molecule has 1 aromatic heterocycles. The van der Waals surface area contributed by atoms with Crippen LogP contribution < -0.4 is 10.1 Å². The number of halogens is 1. The van der Waals surface area contributed by atoms with Gasteiger partial charge in [0.25, 0.3) is 0 Å². The molecular weight excluding hydrogens is 318 g/mol. The summed E-state index contributed by atoms with van der Waals surface area (Å²) in [4.78, 5) is 0. The van der Waals surface area contributed by atoms with E-state index in [-0.39, 0.29) is 0 Å². The molecule has 0 aliphatic rings. The van der Waals surface area contributed by atoms with Crippen molar-refractivity contribution in [3.63, 3.8) is 0 Å². The summed E-state index contributed by atoms with van der Waals surface area (Å²) in [5.41, 5.74) is 3.36. The lowest BCUT2D eigenvalue weighted by Gasteiger charge is -2.10. The topological polar surface area (TPSA) is 39.1 Å². The number of nitrogens with zero attached hydrogens (tertiary/aromatic N) is 2. The Kier molecular flexibility index (Phi) is 5.06. The maximum atomic E-state index is 5.27. The van der Waals surface area contributed by atoms with Crippen LogP contribution in [0.3, 0.4) is 0 Å². The average molecular weight is 338 g/mol. The number of methoxy groups -OCH3 is 1. The average Bonchev–Trinajstić information content (AvgIpc) is 2.87. The predicted molar refractivity (Wildman–Crippen MR) is 85.3 cm³/mol. The van der Waals surface area contributed by atoms with Crippen LogP contribution in [0.5, 0.6) is 5.75 Å². The number of benzene rings is 1. The fourth-order valence-corrected chi connectivity index (χ4v) is 2.55. The minimum atomic E-state index is 0.750. The van der Waals surface area contributed by atoms with Crippen molar-refractivity contribution in [1.82, 2.24) is 9.78 Å². The molecule has 108 valence electrons. The molecule has 0 radical (unpaired) electrons. The van der Waals surface area contributed by atoms with Gasteiger partial charge in [0.2, 0.25) is 0 Å². The number of hydrogen-bond acceptors (Lipinski definition) is 3. The van der Waals surface area contributed by atoms with E-state index in [0.717, 1.165) is 41.1 Å². The van der Waals surface area contributed by atoms with E-state index in [4.69, 9.17) is 4.74 Å². The summed E-state index contributed by atoms with van der Waals surface area (Å²) < 4.78 is 8.31. The van der Waals surface area contributed by atoms with E-state index < -0.39 is 0 Å². The third-order valence-corrected chi connectivity index (χ3v) is 3.61. The molecule has 5 heteroatoms. The van der Waals surface area contributed by atoms with Crippen molar-refractivity contribution < 1.29 is 4.74 Å². The lowest BCUT2D eigenvalue weighted by Crippen LogP contribution is -2.08. The first kappa shape index (κ1) is 14.9. The van der Waals surface area contributed by atoms with Gasteiger partial charge in [0.05, 0.1) is 25.0 Å². The van der Waals surface area contributed by atoms with Crippen molar-refractivity contribution >= 4 is 21.6 Å². The Bertz CT molecular complexity index is 580. The molecule has 0 saturated heterocycles. The summed E-state index contributed by atoms with van der Waals surface area (Å²) in [6.07, 6.45) is 0.963. The number of aromatic nitrogens is 2. The van der Waals surface area contributed by atoms with Gasteiger partial charge in [-0.2, -0.15) is 5.10 Å². The van der Waals surface area contributed by atoms with Crippen LogP contribution in [-0.4, -0.2) is 16.9 Å². The fourth-order valence-electron chi connectivity index (χ4n) is 2.08. The molecule has 0 amide bonds. The second-order valence-corrected chi connectivity index (χ2v) is 5.45. The molecule has 0 bridgehead atoms. The Hall–Kier alpha value is -1.49. The van der Waals surface area contributed by atoms with E-state index in [0.29, 0.717) is 0 Å². The third kappa shape index (κ3) is 3.54. The second kappa shape index (κ2) is 6.79. The van der Waals surface area contributed by atoms with Crippen LogP contribution >= 0.6 is 15.9 Å². The lowest BCUT2D eigenvalue weighted by molar-refractivity contribution is 0.414. The highest BCUT2D eigenvalue weighted by Crippen LogP contribution is 2.24. The summed E-state index contributed by atoms with van der Waals surface area (Å²) in [5, 5.41) is 7.97. The highest BCUT2D eigenvalue weighted by Gasteiger charge is 2.06. The molecule has 0 saturated carbocycles. The first-order valence-corrected chi connectivity index (χ1v) is 7.59. The van der Waals surface area contributed by atoms with Gasteiger partial charge in [-0.1, -0.05) is 22.9 Å². The molecule has 0 fully saturated rings. The highest BCUT2D eigenvalue weighted by atomic mass is 79.9. The number of aryl methyl sites for hydroxylation is 2. The van der Waals surface area contributed by atoms with Crippen LogP contribution in [-0.2, 0) is 19.5 Å². The summed E-state index contributed by atoms with van der Waals surface area (Å²) in [6, 6.07) is 8.12. The van der Waals surface area contributed by atoms with Crippen molar-refractivity contribution in [3.8, 4) is 5.75 Å². The van der Waals surface area contributed by atoms with Gasteiger partial charge < -0.3 is 10.1 Å². The van der Waals surface area contributed by atoms with Crippen molar-refractivity contribution in [2.45, 2.75) is 33.4 Å². The highest BCUT2D eigenvalue weighted by molar-refractivity contribution is 9.10. The second-order valence-electron chi connectivity index (χ2n) is 4.53. The Morgan fingerprint density at radius 2 is 2.05 bits per heavy atom. The first-order valence-electron chi connectivity index (χ1n) is 6.80. The SMILES string of the molecule is CCc1cc(CNc2cc(Br)cc(OC)c2)n(CC)n1. The van der Waals surface area contributed by atoms with Crippen LogP contribution in [0.1, 0.15) is 25.2 Å². The third-order valence-electron chi connectivity index (χ3n) is 3.16. The van der Waals surface area contributed by atoms with Gasteiger partial charge in [-0.15, -0.1) is 0 Å². The Balaban J connectivity index is 2.12. The molecule has 0 unspecified atom stereocenters. The largest absolute Gasteiger partial charge is 0.497 e. The molecule has 1 heterocycles. The van der Waals surface area contributed by atoms with Crippen LogP contribution in [0.2, 0.25) is 0 Å². The summed E-state index contributed by atoms with van der Waals surface area (Å²) >= 11 is 3.49. The summed E-state index contributed by atoms with van der Waals surface area (Å²) in [6.45, 7) is 5.87. The monoisotopic (exact) mass is 337 g/mol. The Labute approximate surface area is 128 Å². The molecule has 1 N–H and O–H groups in total. The minimum Gasteiger partial charge on any atom is -0.497 e. The molecule has 0 aliphatic heterocycles. The zero-order valence-electron chi connectivity index (χ0n) is 12.1. The van der Waals surface area contributed by atoms with Gasteiger partial charge in [-0.25, -0.2) is 0 Å².